The van der Waals surface area contributed by atoms with Crippen molar-refractivity contribution in [2.45, 2.75) is 19.3 Å². The van der Waals surface area contributed by atoms with Crippen LogP contribution in [0.4, 0.5) is 0 Å². The molecule has 0 spiro atoms. The zero-order valence-electron chi connectivity index (χ0n) is 12.2. The minimum atomic E-state index is -0.587. The molecular formula is C18H16O4. The minimum absolute atomic E-state index is 0.0364. The summed E-state index contributed by atoms with van der Waals surface area (Å²) in [4.78, 5) is 24.0. The zero-order chi connectivity index (χ0) is 15.7. The molecule has 0 radical (unpaired) electrons. The highest BCUT2D eigenvalue weighted by Gasteiger charge is 2.29. The molecule has 0 amide bonds. The second-order valence-electron chi connectivity index (χ2n) is 5.51. The Kier molecular flexibility index (Phi) is 3.67. The second-order valence-corrected chi connectivity index (χ2v) is 5.51. The van der Waals surface area contributed by atoms with Crippen molar-refractivity contribution < 1.29 is 14.3 Å². The van der Waals surface area contributed by atoms with Crippen LogP contribution in [0.25, 0.3) is 11.0 Å². The molecule has 0 fully saturated rings. The van der Waals surface area contributed by atoms with Gasteiger partial charge in [-0.2, -0.15) is 0 Å². The lowest BCUT2D eigenvalue weighted by Gasteiger charge is -2.20. The van der Waals surface area contributed by atoms with Gasteiger partial charge in [-0.1, -0.05) is 36.4 Å². The molecule has 1 N–H and O–H groups in total. The van der Waals surface area contributed by atoms with Crippen molar-refractivity contribution in [2.75, 3.05) is 0 Å². The molecule has 0 bridgehead atoms. The Balaban J connectivity index is 2.20. The van der Waals surface area contributed by atoms with Gasteiger partial charge in [-0.25, -0.2) is 4.79 Å². The Labute approximate surface area is 127 Å². The number of fused-ring (bicyclic) bond motifs is 1. The first-order chi connectivity index (χ1) is 10.6. The van der Waals surface area contributed by atoms with E-state index in [4.69, 9.17) is 4.42 Å². The van der Waals surface area contributed by atoms with E-state index in [1.807, 2.05) is 24.3 Å². The molecule has 1 aromatic heterocycles. The van der Waals surface area contributed by atoms with Gasteiger partial charge in [-0.15, -0.1) is 0 Å². The topological polar surface area (TPSA) is 67.5 Å². The van der Waals surface area contributed by atoms with E-state index in [2.05, 4.69) is 0 Å². The smallest absolute Gasteiger partial charge is 0.343 e. The number of hydrogen-bond donors (Lipinski definition) is 1. The molecule has 0 aliphatic heterocycles. The Morgan fingerprint density at radius 3 is 2.64 bits per heavy atom. The molecule has 1 aliphatic rings. The van der Waals surface area contributed by atoms with Crippen LogP contribution < -0.4 is 5.63 Å². The number of rotatable bonds is 4. The Morgan fingerprint density at radius 2 is 1.95 bits per heavy atom. The minimum Gasteiger partial charge on any atom is -0.507 e. The molecule has 112 valence electrons. The van der Waals surface area contributed by atoms with E-state index in [0.717, 1.165) is 0 Å². The molecule has 0 saturated heterocycles. The van der Waals surface area contributed by atoms with E-state index in [0.29, 0.717) is 11.0 Å². The number of allylic oxidation sites excluding steroid dienone is 4. The number of aromatic hydroxyl groups is 1. The van der Waals surface area contributed by atoms with Crippen LogP contribution in [0, 0.1) is 5.92 Å². The normalized spacial score (nSPS) is 15.5. The van der Waals surface area contributed by atoms with E-state index >= 15 is 0 Å². The van der Waals surface area contributed by atoms with Gasteiger partial charge >= 0.3 is 5.63 Å². The fourth-order valence-electron chi connectivity index (χ4n) is 2.93. The summed E-state index contributed by atoms with van der Waals surface area (Å²) in [6.07, 6.45) is 7.76. The van der Waals surface area contributed by atoms with Gasteiger partial charge in [0.25, 0.3) is 0 Å². The summed E-state index contributed by atoms with van der Waals surface area (Å²) in [6, 6.07) is 6.83. The maximum Gasteiger partial charge on any atom is 0.343 e. The average molecular weight is 296 g/mol. The van der Waals surface area contributed by atoms with Crippen molar-refractivity contribution in [1.29, 1.82) is 0 Å². The van der Waals surface area contributed by atoms with Crippen LogP contribution in [0.15, 0.2) is 57.8 Å². The molecule has 4 heteroatoms. The molecule has 1 heterocycles. The van der Waals surface area contributed by atoms with Crippen LogP contribution in [0.1, 0.15) is 24.8 Å². The highest BCUT2D eigenvalue weighted by molar-refractivity contribution is 5.85. The van der Waals surface area contributed by atoms with Gasteiger partial charge in [0.05, 0.1) is 10.9 Å². The molecule has 0 unspecified atom stereocenters. The lowest BCUT2D eigenvalue weighted by Crippen LogP contribution is -2.20. The van der Waals surface area contributed by atoms with Gasteiger partial charge in [-0.05, 0) is 19.1 Å². The quantitative estimate of drug-likeness (QED) is 0.879. The lowest BCUT2D eigenvalue weighted by atomic mass is 9.83. The molecule has 1 aromatic carbocycles. The zero-order valence-corrected chi connectivity index (χ0v) is 12.2. The number of carbonyl (C=O) groups excluding carboxylic acids is 1. The van der Waals surface area contributed by atoms with Crippen LogP contribution in [-0.2, 0) is 4.79 Å². The fraction of sp³-hybridized carbons (Fsp3) is 0.222. The molecular weight excluding hydrogens is 280 g/mol. The third kappa shape index (κ3) is 2.48. The highest BCUT2D eigenvalue weighted by Crippen LogP contribution is 2.38. The number of para-hydroxylation sites is 1. The van der Waals surface area contributed by atoms with Gasteiger partial charge in [0.15, 0.2) is 0 Å². The summed E-state index contributed by atoms with van der Waals surface area (Å²) in [5.41, 5.74) is -0.0703. The monoisotopic (exact) mass is 296 g/mol. The summed E-state index contributed by atoms with van der Waals surface area (Å²) in [6.45, 7) is 1.48. The van der Waals surface area contributed by atoms with Crippen molar-refractivity contribution in [3.05, 3.63) is 64.6 Å². The molecule has 0 saturated carbocycles. The molecule has 2 aromatic rings. The average Bonchev–Trinajstić information content (AvgIpc) is 3.00. The van der Waals surface area contributed by atoms with Gasteiger partial charge in [-0.3, -0.25) is 0 Å². The number of benzene rings is 1. The predicted octanol–water partition coefficient (Wildman–Crippen LogP) is 3.30. The van der Waals surface area contributed by atoms with E-state index in [1.54, 1.807) is 24.3 Å². The third-order valence-electron chi connectivity index (χ3n) is 3.94. The standard InChI is InChI=1S/C18H16O4/c1-11(19)10-14(12-6-2-3-7-12)16-17(20)13-8-4-5-9-15(13)22-18(16)21/h2-9,12,14,20H,10H2,1H3/t14-/m0/s1. The molecule has 3 rings (SSSR count). The number of Topliss-reactive ketones (excluding diaryl/α,β-unsaturated/α-hetero) is 1. The Bertz CT molecular complexity index is 830. The van der Waals surface area contributed by atoms with Crippen molar-refractivity contribution in [3.8, 4) is 5.75 Å². The second kappa shape index (κ2) is 5.64. The summed E-state index contributed by atoms with van der Waals surface area (Å²) >= 11 is 0. The number of ketones is 1. The fourth-order valence-corrected chi connectivity index (χ4v) is 2.93. The van der Waals surface area contributed by atoms with Crippen LogP contribution >= 0.6 is 0 Å². The van der Waals surface area contributed by atoms with E-state index in [-0.39, 0.29) is 29.4 Å². The molecule has 1 aliphatic carbocycles. The van der Waals surface area contributed by atoms with Gasteiger partial charge in [0.2, 0.25) is 0 Å². The van der Waals surface area contributed by atoms with E-state index < -0.39 is 11.5 Å². The molecule has 1 atom stereocenters. The first kappa shape index (κ1) is 14.3. The largest absolute Gasteiger partial charge is 0.507 e. The van der Waals surface area contributed by atoms with Crippen LogP contribution in [-0.4, -0.2) is 10.9 Å². The first-order valence-corrected chi connectivity index (χ1v) is 7.17. The first-order valence-electron chi connectivity index (χ1n) is 7.17. The maximum absolute atomic E-state index is 12.3. The van der Waals surface area contributed by atoms with Crippen molar-refractivity contribution >= 4 is 16.8 Å². The Hall–Kier alpha value is -2.62. The summed E-state index contributed by atoms with van der Waals surface area (Å²) in [7, 11) is 0. The van der Waals surface area contributed by atoms with Gasteiger partial charge < -0.3 is 14.3 Å². The number of carbonyl (C=O) groups is 1. The Morgan fingerprint density at radius 1 is 1.27 bits per heavy atom. The summed E-state index contributed by atoms with van der Waals surface area (Å²) in [5, 5.41) is 11.0. The highest BCUT2D eigenvalue weighted by atomic mass is 16.4. The van der Waals surface area contributed by atoms with E-state index in [9.17, 15) is 14.7 Å². The van der Waals surface area contributed by atoms with Crippen LogP contribution in [0.5, 0.6) is 5.75 Å². The molecule has 4 nitrogen and oxygen atoms in total. The predicted molar refractivity (Wildman–Crippen MR) is 84.0 cm³/mol. The van der Waals surface area contributed by atoms with Gasteiger partial charge in [0.1, 0.15) is 17.1 Å². The summed E-state index contributed by atoms with van der Waals surface area (Å²) in [5.74, 6) is -0.648. The lowest BCUT2D eigenvalue weighted by molar-refractivity contribution is -0.117. The van der Waals surface area contributed by atoms with Crippen molar-refractivity contribution in [1.82, 2.24) is 0 Å². The third-order valence-corrected chi connectivity index (χ3v) is 3.94. The van der Waals surface area contributed by atoms with Crippen molar-refractivity contribution in [2.24, 2.45) is 5.92 Å². The maximum atomic E-state index is 12.3. The van der Waals surface area contributed by atoms with Gasteiger partial charge in [0, 0.05) is 18.3 Å². The van der Waals surface area contributed by atoms with Crippen molar-refractivity contribution in [3.63, 3.8) is 0 Å². The number of hydrogen-bond acceptors (Lipinski definition) is 4. The summed E-state index contributed by atoms with van der Waals surface area (Å²) < 4.78 is 5.32. The molecule has 22 heavy (non-hydrogen) atoms. The van der Waals surface area contributed by atoms with Crippen LogP contribution in [0.3, 0.4) is 0 Å². The van der Waals surface area contributed by atoms with E-state index in [1.165, 1.54) is 6.92 Å². The SMILES string of the molecule is CC(=O)C[C@H](c1c(O)c2ccccc2oc1=O)C1C=CC=C1. The van der Waals surface area contributed by atoms with Crippen LogP contribution in [0.2, 0.25) is 0 Å².